The number of hydrogen-bond donors (Lipinski definition) is 2. The van der Waals surface area contributed by atoms with Crippen molar-refractivity contribution < 1.29 is 4.79 Å². The van der Waals surface area contributed by atoms with Gasteiger partial charge in [0.05, 0.1) is 16.9 Å². The average molecular weight is 228 g/mol. The summed E-state index contributed by atoms with van der Waals surface area (Å²) in [6, 6.07) is 6.59. The standard InChI is InChI=1S/C10H8N6O/c11-4-8-14-5-16(15-8)7-3-1-2-6(9(7)12)10(13)17/h1-3,5H,12H2,(H2,13,17). The lowest BCUT2D eigenvalue weighted by atomic mass is 10.1. The number of amides is 1. The topological polar surface area (TPSA) is 124 Å². The van der Waals surface area contributed by atoms with Crippen LogP contribution >= 0.6 is 0 Å². The fourth-order valence-electron chi connectivity index (χ4n) is 1.40. The maximum atomic E-state index is 11.1. The Morgan fingerprint density at radius 2 is 2.24 bits per heavy atom. The van der Waals surface area contributed by atoms with Gasteiger partial charge in [0.25, 0.3) is 11.7 Å². The Balaban J connectivity index is 2.57. The molecule has 1 aromatic carbocycles. The van der Waals surface area contributed by atoms with Gasteiger partial charge in [-0.2, -0.15) is 5.26 Å². The molecule has 2 rings (SSSR count). The van der Waals surface area contributed by atoms with E-state index in [1.165, 1.54) is 17.1 Å². The molecule has 17 heavy (non-hydrogen) atoms. The van der Waals surface area contributed by atoms with Gasteiger partial charge in [-0.25, -0.2) is 9.67 Å². The molecule has 0 aliphatic carbocycles. The van der Waals surface area contributed by atoms with Crippen LogP contribution in [0.4, 0.5) is 5.69 Å². The molecule has 0 radical (unpaired) electrons. The molecule has 0 atom stereocenters. The van der Waals surface area contributed by atoms with E-state index < -0.39 is 5.91 Å². The number of carbonyl (C=O) groups is 1. The normalized spacial score (nSPS) is 9.82. The fraction of sp³-hybridized carbons (Fsp3) is 0. The van der Waals surface area contributed by atoms with Gasteiger partial charge >= 0.3 is 0 Å². The molecule has 0 saturated carbocycles. The number of anilines is 1. The first-order valence-electron chi connectivity index (χ1n) is 4.64. The summed E-state index contributed by atoms with van der Waals surface area (Å²) in [5, 5.41) is 12.5. The van der Waals surface area contributed by atoms with Crippen LogP contribution in [-0.2, 0) is 0 Å². The van der Waals surface area contributed by atoms with E-state index in [9.17, 15) is 4.79 Å². The molecule has 0 unspecified atom stereocenters. The summed E-state index contributed by atoms with van der Waals surface area (Å²) >= 11 is 0. The van der Waals surface area contributed by atoms with Crippen molar-refractivity contribution in [1.29, 1.82) is 5.26 Å². The van der Waals surface area contributed by atoms with Crippen LogP contribution in [0.5, 0.6) is 0 Å². The van der Waals surface area contributed by atoms with Crippen molar-refractivity contribution in [2.45, 2.75) is 0 Å². The van der Waals surface area contributed by atoms with Crippen molar-refractivity contribution in [2.24, 2.45) is 5.73 Å². The minimum atomic E-state index is -0.620. The van der Waals surface area contributed by atoms with Crippen molar-refractivity contribution in [3.05, 3.63) is 35.9 Å². The molecule has 1 amide bonds. The summed E-state index contributed by atoms with van der Waals surface area (Å²) in [7, 11) is 0. The number of para-hydroxylation sites is 1. The largest absolute Gasteiger partial charge is 0.396 e. The third kappa shape index (κ3) is 1.79. The predicted octanol–water partition coefficient (Wildman–Crippen LogP) is -0.180. The Kier molecular flexibility index (Phi) is 2.46. The molecule has 1 heterocycles. The van der Waals surface area contributed by atoms with Gasteiger partial charge in [-0.3, -0.25) is 4.79 Å². The average Bonchev–Trinajstić information content (AvgIpc) is 2.77. The van der Waals surface area contributed by atoms with Crippen LogP contribution in [0.3, 0.4) is 0 Å². The molecule has 0 spiro atoms. The molecule has 0 saturated heterocycles. The number of nitrogens with zero attached hydrogens (tertiary/aromatic N) is 4. The van der Waals surface area contributed by atoms with Gasteiger partial charge < -0.3 is 11.5 Å². The Bertz CT molecular complexity index is 624. The molecule has 0 fully saturated rings. The molecule has 7 heteroatoms. The van der Waals surface area contributed by atoms with E-state index in [1.54, 1.807) is 18.2 Å². The van der Waals surface area contributed by atoms with Crippen molar-refractivity contribution in [1.82, 2.24) is 14.8 Å². The summed E-state index contributed by atoms with van der Waals surface area (Å²) in [6.45, 7) is 0. The van der Waals surface area contributed by atoms with Gasteiger partial charge in [-0.1, -0.05) is 6.07 Å². The van der Waals surface area contributed by atoms with Gasteiger partial charge in [0.15, 0.2) is 0 Å². The van der Waals surface area contributed by atoms with Crippen molar-refractivity contribution >= 4 is 11.6 Å². The number of nitrogen functional groups attached to an aromatic ring is 1. The zero-order valence-corrected chi connectivity index (χ0v) is 8.66. The highest BCUT2D eigenvalue weighted by Gasteiger charge is 2.11. The minimum absolute atomic E-state index is 0.0221. The molecular formula is C10H8N6O. The second-order valence-corrected chi connectivity index (χ2v) is 3.23. The second kappa shape index (κ2) is 3.94. The summed E-state index contributed by atoms with van der Waals surface area (Å²) in [5.41, 5.74) is 11.8. The lowest BCUT2D eigenvalue weighted by Gasteiger charge is -2.07. The summed E-state index contributed by atoms with van der Waals surface area (Å²) in [4.78, 5) is 14.9. The molecule has 7 nitrogen and oxygen atoms in total. The Labute approximate surface area is 96.3 Å². The maximum absolute atomic E-state index is 11.1. The SMILES string of the molecule is N#Cc1ncn(-c2cccc(C(N)=O)c2N)n1. The smallest absolute Gasteiger partial charge is 0.252 e. The molecule has 1 aromatic heterocycles. The maximum Gasteiger partial charge on any atom is 0.252 e. The number of benzene rings is 1. The van der Waals surface area contributed by atoms with E-state index in [-0.39, 0.29) is 17.1 Å². The zero-order valence-electron chi connectivity index (χ0n) is 8.66. The number of hydrogen-bond acceptors (Lipinski definition) is 5. The highest BCUT2D eigenvalue weighted by Crippen LogP contribution is 2.20. The van der Waals surface area contributed by atoms with Gasteiger partial charge in [0.2, 0.25) is 0 Å². The molecule has 0 aliphatic rings. The van der Waals surface area contributed by atoms with Crippen LogP contribution in [0.25, 0.3) is 5.69 Å². The first-order valence-corrected chi connectivity index (χ1v) is 4.64. The van der Waals surface area contributed by atoms with E-state index in [2.05, 4.69) is 10.1 Å². The molecule has 0 bridgehead atoms. The molecule has 84 valence electrons. The van der Waals surface area contributed by atoms with E-state index in [0.717, 1.165) is 0 Å². The number of nitriles is 1. The number of aromatic nitrogens is 3. The summed E-state index contributed by atoms with van der Waals surface area (Å²) < 4.78 is 1.32. The van der Waals surface area contributed by atoms with Crippen LogP contribution in [-0.4, -0.2) is 20.7 Å². The molecule has 4 N–H and O–H groups in total. The van der Waals surface area contributed by atoms with Crippen LogP contribution in [0.2, 0.25) is 0 Å². The van der Waals surface area contributed by atoms with Crippen molar-refractivity contribution in [2.75, 3.05) is 5.73 Å². The van der Waals surface area contributed by atoms with Crippen LogP contribution in [0.1, 0.15) is 16.2 Å². The van der Waals surface area contributed by atoms with E-state index in [0.29, 0.717) is 5.69 Å². The predicted molar refractivity (Wildman–Crippen MR) is 59.0 cm³/mol. The van der Waals surface area contributed by atoms with Crippen LogP contribution < -0.4 is 11.5 Å². The second-order valence-electron chi connectivity index (χ2n) is 3.23. The molecule has 2 aromatic rings. The summed E-state index contributed by atoms with van der Waals surface area (Å²) in [5.74, 6) is -0.598. The Morgan fingerprint density at radius 3 is 2.82 bits per heavy atom. The Morgan fingerprint density at radius 1 is 1.47 bits per heavy atom. The van der Waals surface area contributed by atoms with E-state index in [4.69, 9.17) is 16.7 Å². The highest BCUT2D eigenvalue weighted by atomic mass is 16.1. The van der Waals surface area contributed by atoms with Crippen LogP contribution in [0, 0.1) is 11.3 Å². The van der Waals surface area contributed by atoms with Crippen molar-refractivity contribution in [3.63, 3.8) is 0 Å². The molecule has 0 aliphatic heterocycles. The fourth-order valence-corrected chi connectivity index (χ4v) is 1.40. The summed E-state index contributed by atoms with van der Waals surface area (Å²) in [6.07, 6.45) is 1.34. The van der Waals surface area contributed by atoms with Gasteiger partial charge in [0.1, 0.15) is 12.4 Å². The first-order chi connectivity index (χ1) is 8.13. The lowest BCUT2D eigenvalue weighted by Crippen LogP contribution is -2.15. The number of nitrogens with two attached hydrogens (primary N) is 2. The van der Waals surface area contributed by atoms with E-state index in [1.807, 2.05) is 0 Å². The lowest BCUT2D eigenvalue weighted by molar-refractivity contribution is 0.100. The van der Waals surface area contributed by atoms with E-state index >= 15 is 0 Å². The van der Waals surface area contributed by atoms with Gasteiger partial charge in [0, 0.05) is 0 Å². The number of primary amides is 1. The van der Waals surface area contributed by atoms with Crippen molar-refractivity contribution in [3.8, 4) is 11.8 Å². The minimum Gasteiger partial charge on any atom is -0.396 e. The van der Waals surface area contributed by atoms with Gasteiger partial charge in [-0.05, 0) is 12.1 Å². The zero-order chi connectivity index (χ0) is 12.4. The monoisotopic (exact) mass is 228 g/mol. The first kappa shape index (κ1) is 10.6. The number of carbonyl (C=O) groups excluding carboxylic acids is 1. The number of rotatable bonds is 2. The van der Waals surface area contributed by atoms with Crippen LogP contribution in [0.15, 0.2) is 24.5 Å². The van der Waals surface area contributed by atoms with Gasteiger partial charge in [-0.15, -0.1) is 5.10 Å². The third-order valence-electron chi connectivity index (χ3n) is 2.19. The quantitative estimate of drug-likeness (QED) is 0.690. The highest BCUT2D eigenvalue weighted by molar-refractivity contribution is 5.99. The Hall–Kier alpha value is -2.88. The third-order valence-corrected chi connectivity index (χ3v) is 2.19. The molecular weight excluding hydrogens is 220 g/mol.